The van der Waals surface area contributed by atoms with E-state index in [-0.39, 0.29) is 0 Å². The van der Waals surface area contributed by atoms with E-state index >= 15 is 0 Å². The zero-order valence-corrected chi connectivity index (χ0v) is 10.3. The Bertz CT molecular complexity index is 687. The van der Waals surface area contributed by atoms with Crippen molar-refractivity contribution >= 4 is 11.5 Å². The van der Waals surface area contributed by atoms with E-state index in [1.165, 1.54) is 0 Å². The Morgan fingerprint density at radius 3 is 3.16 bits per heavy atom. The summed E-state index contributed by atoms with van der Waals surface area (Å²) in [5, 5.41) is 16.6. The van der Waals surface area contributed by atoms with Gasteiger partial charge in [-0.1, -0.05) is 0 Å². The normalized spacial score (nSPS) is 19.4. The van der Waals surface area contributed by atoms with Crippen LogP contribution in [-0.4, -0.2) is 42.7 Å². The van der Waals surface area contributed by atoms with Crippen molar-refractivity contribution in [3.63, 3.8) is 0 Å². The molecule has 1 aliphatic rings. The van der Waals surface area contributed by atoms with Crippen LogP contribution in [0.3, 0.4) is 0 Å². The van der Waals surface area contributed by atoms with Crippen LogP contribution in [0.4, 0.5) is 5.82 Å². The monoisotopic (exact) mass is 255 g/mol. The van der Waals surface area contributed by atoms with E-state index in [9.17, 15) is 0 Å². The summed E-state index contributed by atoms with van der Waals surface area (Å²) in [5.74, 6) is 0.960. The first-order chi connectivity index (χ1) is 9.40. The van der Waals surface area contributed by atoms with E-state index in [1.807, 2.05) is 35.3 Å². The van der Waals surface area contributed by atoms with E-state index in [0.717, 1.165) is 31.0 Å². The number of nitrogens with zero attached hydrogens (tertiary/aromatic N) is 7. The molecule has 0 aliphatic carbocycles. The topological polar surface area (TPSA) is 64.1 Å². The molecule has 1 unspecified atom stereocenters. The zero-order valence-electron chi connectivity index (χ0n) is 10.3. The average molecular weight is 255 g/mol. The lowest BCUT2D eigenvalue weighted by Gasteiger charge is -2.17. The van der Waals surface area contributed by atoms with Gasteiger partial charge in [-0.3, -0.25) is 4.68 Å². The van der Waals surface area contributed by atoms with Gasteiger partial charge in [-0.15, -0.1) is 15.3 Å². The van der Waals surface area contributed by atoms with E-state index in [4.69, 9.17) is 0 Å². The molecule has 4 heterocycles. The van der Waals surface area contributed by atoms with Crippen LogP contribution < -0.4 is 4.90 Å². The molecule has 7 heteroatoms. The maximum atomic E-state index is 4.52. The van der Waals surface area contributed by atoms with E-state index in [1.54, 1.807) is 10.8 Å². The molecule has 0 saturated carbocycles. The number of rotatable bonds is 2. The van der Waals surface area contributed by atoms with Crippen LogP contribution in [-0.2, 0) is 0 Å². The van der Waals surface area contributed by atoms with Crippen molar-refractivity contribution in [1.29, 1.82) is 0 Å². The minimum atomic E-state index is 0.424. The Morgan fingerprint density at radius 1 is 1.26 bits per heavy atom. The van der Waals surface area contributed by atoms with Crippen molar-refractivity contribution in [2.75, 3.05) is 18.0 Å². The summed E-state index contributed by atoms with van der Waals surface area (Å²) in [6.07, 6.45) is 6.55. The van der Waals surface area contributed by atoms with Crippen LogP contribution in [0.25, 0.3) is 5.65 Å². The summed E-state index contributed by atoms with van der Waals surface area (Å²) in [6, 6.07) is 6.32. The van der Waals surface area contributed by atoms with Crippen molar-refractivity contribution in [2.24, 2.45) is 0 Å². The lowest BCUT2D eigenvalue weighted by Crippen LogP contribution is -2.22. The van der Waals surface area contributed by atoms with Gasteiger partial charge in [0.1, 0.15) is 12.1 Å². The Hall–Kier alpha value is -2.44. The molecule has 1 fully saturated rings. The minimum absolute atomic E-state index is 0.424. The maximum Gasteiger partial charge on any atom is 0.177 e. The molecule has 0 amide bonds. The highest BCUT2D eigenvalue weighted by molar-refractivity contribution is 5.45. The summed E-state index contributed by atoms with van der Waals surface area (Å²) in [5.41, 5.74) is 0.770. The van der Waals surface area contributed by atoms with Crippen molar-refractivity contribution in [3.05, 3.63) is 36.9 Å². The zero-order chi connectivity index (χ0) is 12.7. The summed E-state index contributed by atoms with van der Waals surface area (Å²) in [7, 11) is 0. The lowest BCUT2D eigenvalue weighted by molar-refractivity contribution is 0.494. The lowest BCUT2D eigenvalue weighted by atomic mass is 10.3. The SMILES string of the molecule is c1cnn(C2CCN(c3ccc4nncn4n3)C2)c1. The summed E-state index contributed by atoms with van der Waals surface area (Å²) >= 11 is 0. The first-order valence-electron chi connectivity index (χ1n) is 6.31. The van der Waals surface area contributed by atoms with Gasteiger partial charge in [-0.25, -0.2) is 0 Å². The van der Waals surface area contributed by atoms with Gasteiger partial charge in [-0.2, -0.15) is 9.61 Å². The quantitative estimate of drug-likeness (QED) is 0.677. The largest absolute Gasteiger partial charge is 0.353 e. The standard InChI is InChI=1S/C12H13N7/c1-5-14-18(6-1)10-4-7-17(8-10)12-3-2-11-15-13-9-19(11)16-12/h1-3,5-6,9-10H,4,7-8H2. The van der Waals surface area contributed by atoms with Crippen LogP contribution >= 0.6 is 0 Å². The molecular weight excluding hydrogens is 242 g/mol. The number of hydrogen-bond acceptors (Lipinski definition) is 5. The Morgan fingerprint density at radius 2 is 2.26 bits per heavy atom. The van der Waals surface area contributed by atoms with Crippen molar-refractivity contribution < 1.29 is 0 Å². The Kier molecular flexibility index (Phi) is 2.23. The van der Waals surface area contributed by atoms with Crippen LogP contribution in [0, 0.1) is 0 Å². The molecule has 1 atom stereocenters. The van der Waals surface area contributed by atoms with Gasteiger partial charge in [0, 0.05) is 25.5 Å². The van der Waals surface area contributed by atoms with Crippen LogP contribution in [0.1, 0.15) is 12.5 Å². The average Bonchev–Trinajstić information content (AvgIpc) is 3.18. The van der Waals surface area contributed by atoms with E-state index in [2.05, 4.69) is 25.3 Å². The van der Waals surface area contributed by atoms with Gasteiger partial charge in [0.25, 0.3) is 0 Å². The summed E-state index contributed by atoms with van der Waals surface area (Å²) < 4.78 is 3.73. The second-order valence-electron chi connectivity index (χ2n) is 4.70. The van der Waals surface area contributed by atoms with Gasteiger partial charge in [0.2, 0.25) is 0 Å². The van der Waals surface area contributed by atoms with E-state index in [0.29, 0.717) is 6.04 Å². The second kappa shape index (κ2) is 4.04. The number of fused-ring (bicyclic) bond motifs is 1. The van der Waals surface area contributed by atoms with Gasteiger partial charge in [-0.05, 0) is 24.6 Å². The third-order valence-corrected chi connectivity index (χ3v) is 3.53. The molecule has 0 spiro atoms. The predicted molar refractivity (Wildman–Crippen MR) is 68.9 cm³/mol. The fourth-order valence-corrected chi connectivity index (χ4v) is 2.55. The molecule has 4 rings (SSSR count). The fraction of sp³-hybridized carbons (Fsp3) is 0.333. The molecule has 0 bridgehead atoms. The predicted octanol–water partition coefficient (Wildman–Crippen LogP) is 0.772. The van der Waals surface area contributed by atoms with Crippen LogP contribution in [0.15, 0.2) is 36.9 Å². The van der Waals surface area contributed by atoms with Crippen molar-refractivity contribution in [1.82, 2.24) is 29.6 Å². The molecule has 7 nitrogen and oxygen atoms in total. The van der Waals surface area contributed by atoms with Gasteiger partial charge >= 0.3 is 0 Å². The molecule has 19 heavy (non-hydrogen) atoms. The second-order valence-corrected chi connectivity index (χ2v) is 4.70. The molecule has 1 saturated heterocycles. The van der Waals surface area contributed by atoms with Gasteiger partial charge < -0.3 is 4.90 Å². The Labute approximate surface area is 109 Å². The third kappa shape index (κ3) is 1.74. The third-order valence-electron chi connectivity index (χ3n) is 3.53. The fourth-order valence-electron chi connectivity index (χ4n) is 2.55. The first kappa shape index (κ1) is 10.5. The highest BCUT2D eigenvalue weighted by Gasteiger charge is 2.25. The van der Waals surface area contributed by atoms with Crippen LogP contribution in [0.5, 0.6) is 0 Å². The molecule has 96 valence electrons. The summed E-state index contributed by atoms with van der Waals surface area (Å²) in [4.78, 5) is 2.27. The molecule has 1 aliphatic heterocycles. The number of aromatic nitrogens is 6. The molecule has 0 N–H and O–H groups in total. The summed E-state index contributed by atoms with van der Waals surface area (Å²) in [6.45, 7) is 1.92. The first-order valence-corrected chi connectivity index (χ1v) is 6.31. The van der Waals surface area contributed by atoms with E-state index < -0.39 is 0 Å². The highest BCUT2D eigenvalue weighted by atomic mass is 15.4. The van der Waals surface area contributed by atoms with Gasteiger partial charge in [0.05, 0.1) is 6.04 Å². The van der Waals surface area contributed by atoms with Crippen molar-refractivity contribution in [2.45, 2.75) is 12.5 Å². The Balaban J connectivity index is 1.60. The van der Waals surface area contributed by atoms with Gasteiger partial charge in [0.15, 0.2) is 5.65 Å². The molecule has 3 aromatic heterocycles. The molecule has 0 radical (unpaired) electrons. The minimum Gasteiger partial charge on any atom is -0.353 e. The highest BCUT2D eigenvalue weighted by Crippen LogP contribution is 2.24. The number of hydrogen-bond donors (Lipinski definition) is 0. The van der Waals surface area contributed by atoms with Crippen LogP contribution in [0.2, 0.25) is 0 Å². The molecule has 0 aromatic carbocycles. The van der Waals surface area contributed by atoms with Crippen molar-refractivity contribution in [3.8, 4) is 0 Å². The smallest absolute Gasteiger partial charge is 0.177 e. The molecule has 3 aromatic rings. The number of anilines is 1. The molecular formula is C12H13N7. The maximum absolute atomic E-state index is 4.52.